The van der Waals surface area contributed by atoms with Gasteiger partial charge in [-0.3, -0.25) is 0 Å². The average Bonchev–Trinajstić information content (AvgIpc) is 2.61. The summed E-state index contributed by atoms with van der Waals surface area (Å²) < 4.78 is 0. The maximum absolute atomic E-state index is 4.40. The Morgan fingerprint density at radius 2 is 2.14 bits per heavy atom. The third kappa shape index (κ3) is 1.60. The molecule has 0 aromatic carbocycles. The molecule has 4 heteroatoms. The summed E-state index contributed by atoms with van der Waals surface area (Å²) in [7, 11) is 0. The van der Waals surface area contributed by atoms with Gasteiger partial charge in [0.25, 0.3) is 0 Å². The van der Waals surface area contributed by atoms with Crippen LogP contribution in [0.25, 0.3) is 11.3 Å². The third-order valence-electron chi connectivity index (χ3n) is 2.34. The fourth-order valence-corrected chi connectivity index (χ4v) is 1.57. The summed E-state index contributed by atoms with van der Waals surface area (Å²) in [6.07, 6.45) is 5.64. The number of rotatable bonds is 3. The summed E-state index contributed by atoms with van der Waals surface area (Å²) in [6, 6.07) is 0. The number of imidazole rings is 1. The van der Waals surface area contributed by atoms with Gasteiger partial charge in [0.2, 0.25) is 0 Å². The van der Waals surface area contributed by atoms with Crippen LogP contribution in [0.4, 0.5) is 0 Å². The molecule has 0 radical (unpaired) electrons. The van der Waals surface area contributed by atoms with Gasteiger partial charge in [-0.15, -0.1) is 0 Å². The predicted octanol–water partition coefficient (Wildman–Crippen LogP) is 2.26. The van der Waals surface area contributed by atoms with Crippen molar-refractivity contribution in [3.8, 4) is 0 Å². The van der Waals surface area contributed by atoms with Crippen LogP contribution in [-0.2, 0) is 0 Å². The number of fused-ring (bicyclic) bond motifs is 1. The van der Waals surface area contributed by atoms with Crippen LogP contribution in [0.1, 0.15) is 38.4 Å². The van der Waals surface area contributed by atoms with Crippen LogP contribution >= 0.6 is 0 Å². The van der Waals surface area contributed by atoms with Crippen molar-refractivity contribution in [2.45, 2.75) is 32.6 Å². The van der Waals surface area contributed by atoms with Crippen molar-refractivity contribution in [1.82, 2.24) is 19.9 Å². The second kappa shape index (κ2) is 3.74. The van der Waals surface area contributed by atoms with E-state index in [-0.39, 0.29) is 0 Å². The van der Waals surface area contributed by atoms with Crippen molar-refractivity contribution in [1.29, 1.82) is 0 Å². The van der Waals surface area contributed by atoms with Gasteiger partial charge in [0.1, 0.15) is 5.82 Å². The van der Waals surface area contributed by atoms with Crippen molar-refractivity contribution >= 4 is 11.3 Å². The third-order valence-corrected chi connectivity index (χ3v) is 2.34. The van der Waals surface area contributed by atoms with Crippen LogP contribution in [0.15, 0.2) is 12.4 Å². The van der Waals surface area contributed by atoms with Crippen LogP contribution in [-0.4, -0.2) is 19.9 Å². The molecular formula is C10H14N4. The molecule has 0 saturated carbocycles. The normalized spacial score (nSPS) is 13.3. The van der Waals surface area contributed by atoms with Gasteiger partial charge in [0.05, 0.1) is 0 Å². The highest BCUT2D eigenvalue weighted by atomic mass is 15.0. The first-order valence-corrected chi connectivity index (χ1v) is 4.98. The van der Waals surface area contributed by atoms with Gasteiger partial charge in [-0.25, -0.2) is 15.0 Å². The first kappa shape index (κ1) is 9.12. The molecule has 0 fully saturated rings. The monoisotopic (exact) mass is 190 g/mol. The van der Waals surface area contributed by atoms with E-state index in [2.05, 4.69) is 33.8 Å². The summed E-state index contributed by atoms with van der Waals surface area (Å²) in [5, 5.41) is 0. The zero-order valence-electron chi connectivity index (χ0n) is 8.49. The van der Waals surface area contributed by atoms with Crippen molar-refractivity contribution < 1.29 is 0 Å². The second-order valence-corrected chi connectivity index (χ2v) is 3.54. The Kier molecular flexibility index (Phi) is 2.43. The van der Waals surface area contributed by atoms with Crippen molar-refractivity contribution in [2.24, 2.45) is 0 Å². The Morgan fingerprint density at radius 1 is 1.36 bits per heavy atom. The molecule has 74 valence electrons. The summed E-state index contributed by atoms with van der Waals surface area (Å²) in [5.74, 6) is 1.45. The number of nitrogens with zero attached hydrogens (tertiary/aromatic N) is 3. The van der Waals surface area contributed by atoms with Gasteiger partial charge in [-0.1, -0.05) is 20.3 Å². The Bertz CT molecular complexity index is 388. The van der Waals surface area contributed by atoms with E-state index < -0.39 is 0 Å². The van der Waals surface area contributed by atoms with E-state index in [0.717, 1.165) is 17.9 Å². The van der Waals surface area contributed by atoms with Crippen LogP contribution < -0.4 is 0 Å². The van der Waals surface area contributed by atoms with Gasteiger partial charge < -0.3 is 4.98 Å². The minimum Gasteiger partial charge on any atom is -0.325 e. The summed E-state index contributed by atoms with van der Waals surface area (Å²) in [6.45, 7) is 4.34. The van der Waals surface area contributed by atoms with E-state index in [0.29, 0.717) is 11.6 Å². The van der Waals surface area contributed by atoms with Gasteiger partial charge in [-0.05, 0) is 6.42 Å². The van der Waals surface area contributed by atoms with E-state index in [1.165, 1.54) is 6.42 Å². The lowest BCUT2D eigenvalue weighted by Crippen LogP contribution is -1.94. The molecule has 1 N–H and O–H groups in total. The van der Waals surface area contributed by atoms with E-state index in [4.69, 9.17) is 0 Å². The number of nitrogens with one attached hydrogen (secondary N) is 1. The Labute approximate surface area is 82.8 Å². The molecule has 1 atom stereocenters. The number of hydrogen-bond acceptors (Lipinski definition) is 3. The molecule has 0 aliphatic rings. The molecule has 0 aliphatic carbocycles. The Balaban J connectivity index is 2.35. The molecule has 0 aliphatic heterocycles. The van der Waals surface area contributed by atoms with Gasteiger partial charge in [0, 0.05) is 18.3 Å². The van der Waals surface area contributed by atoms with Gasteiger partial charge in [-0.2, -0.15) is 0 Å². The molecule has 4 nitrogen and oxygen atoms in total. The molecule has 2 aromatic rings. The fourth-order valence-electron chi connectivity index (χ4n) is 1.57. The molecule has 14 heavy (non-hydrogen) atoms. The number of aromatic amines is 1. The topological polar surface area (TPSA) is 54.5 Å². The van der Waals surface area contributed by atoms with Crippen molar-refractivity contribution in [3.63, 3.8) is 0 Å². The lowest BCUT2D eigenvalue weighted by Gasteiger charge is -2.04. The predicted molar refractivity (Wildman–Crippen MR) is 55.0 cm³/mol. The first-order valence-electron chi connectivity index (χ1n) is 4.98. The quantitative estimate of drug-likeness (QED) is 0.807. The molecule has 0 spiro atoms. The summed E-state index contributed by atoms with van der Waals surface area (Å²) in [4.78, 5) is 15.9. The maximum atomic E-state index is 4.40. The molecule has 0 amide bonds. The molecule has 0 bridgehead atoms. The first-order chi connectivity index (χ1) is 6.81. The number of aromatic nitrogens is 4. The minimum atomic E-state index is 0.455. The van der Waals surface area contributed by atoms with Gasteiger partial charge in [0.15, 0.2) is 11.3 Å². The number of H-pyrrole nitrogens is 1. The van der Waals surface area contributed by atoms with E-state index in [9.17, 15) is 0 Å². The lowest BCUT2D eigenvalue weighted by molar-refractivity contribution is 0.635. The van der Waals surface area contributed by atoms with Crippen LogP contribution in [0.5, 0.6) is 0 Å². The van der Waals surface area contributed by atoms with Crippen molar-refractivity contribution in [3.05, 3.63) is 18.2 Å². The minimum absolute atomic E-state index is 0.455. The van der Waals surface area contributed by atoms with Crippen LogP contribution in [0, 0.1) is 0 Å². The smallest absolute Gasteiger partial charge is 0.197 e. The largest absolute Gasteiger partial charge is 0.325 e. The highest BCUT2D eigenvalue weighted by Crippen LogP contribution is 2.18. The van der Waals surface area contributed by atoms with E-state index >= 15 is 0 Å². The van der Waals surface area contributed by atoms with Crippen LogP contribution in [0.2, 0.25) is 0 Å². The maximum Gasteiger partial charge on any atom is 0.197 e. The molecule has 1 unspecified atom stereocenters. The number of hydrogen-bond donors (Lipinski definition) is 1. The summed E-state index contributed by atoms with van der Waals surface area (Å²) >= 11 is 0. The molecule has 0 saturated heterocycles. The van der Waals surface area contributed by atoms with E-state index in [1.807, 2.05) is 0 Å². The van der Waals surface area contributed by atoms with Crippen molar-refractivity contribution in [2.75, 3.05) is 0 Å². The second-order valence-electron chi connectivity index (χ2n) is 3.54. The van der Waals surface area contributed by atoms with E-state index in [1.54, 1.807) is 12.4 Å². The lowest BCUT2D eigenvalue weighted by atomic mass is 10.1. The van der Waals surface area contributed by atoms with Gasteiger partial charge >= 0.3 is 0 Å². The fraction of sp³-hybridized carbons (Fsp3) is 0.500. The highest BCUT2D eigenvalue weighted by Gasteiger charge is 2.10. The highest BCUT2D eigenvalue weighted by molar-refractivity contribution is 5.64. The Hall–Kier alpha value is -1.45. The van der Waals surface area contributed by atoms with Crippen LogP contribution in [0.3, 0.4) is 0 Å². The zero-order chi connectivity index (χ0) is 9.97. The zero-order valence-corrected chi connectivity index (χ0v) is 8.49. The molecule has 2 rings (SSSR count). The average molecular weight is 190 g/mol. The Morgan fingerprint density at radius 3 is 2.86 bits per heavy atom. The SMILES string of the molecule is CCCC(C)c1nc2nccnc2[nH]1. The molecule has 2 heterocycles. The standard InChI is InChI=1S/C10H14N4/c1-3-4-7(2)8-13-9-10(14-8)12-6-5-11-9/h5-7H,3-4H2,1-2H3,(H,11,12,13,14). The molecule has 2 aromatic heterocycles. The molecular weight excluding hydrogens is 176 g/mol. The summed E-state index contributed by atoms with van der Waals surface area (Å²) in [5.41, 5.74) is 1.50.